The number of carbonyl (C=O) groups is 8. The van der Waals surface area contributed by atoms with E-state index < -0.39 is 29.9 Å². The topological polar surface area (TPSA) is 289 Å². The molecule has 18 nitrogen and oxygen atoms in total. The average Bonchev–Trinajstić information content (AvgIpc) is 4.23. The lowest BCUT2D eigenvalue weighted by atomic mass is 10.0. The van der Waals surface area contributed by atoms with Gasteiger partial charge in [-0.05, 0) is 12.8 Å². The number of nitrogens with two attached hydrogens (primary N) is 3. The Morgan fingerprint density at radius 1 is 0.482 bits per heavy atom. The molecule has 4 aliphatic rings. The highest BCUT2D eigenvalue weighted by Crippen LogP contribution is 2.22. The summed E-state index contributed by atoms with van der Waals surface area (Å²) in [7, 11) is 2.99. The molecule has 0 bridgehead atoms. The number of nitrogens with one attached hydrogen (secondary N) is 4. The Hall–Kier alpha value is -4.32. The second-order valence-electron chi connectivity index (χ2n) is 23.1. The number of rotatable bonds is 15. The highest BCUT2D eigenvalue weighted by atomic mass is 16.4. The Balaban J connectivity index is -0.000000980. The molecule has 2 aliphatic carbocycles. The summed E-state index contributed by atoms with van der Waals surface area (Å²) in [6.45, 7) is 4.74. The van der Waals surface area contributed by atoms with Crippen LogP contribution in [0.4, 0.5) is 0 Å². The number of hydrazine groups is 1. The fourth-order valence-corrected chi connectivity index (χ4v) is 10.8. The second-order valence-corrected chi connectivity index (χ2v) is 23.1. The van der Waals surface area contributed by atoms with Gasteiger partial charge in [0.2, 0.25) is 41.4 Å². The molecule has 488 valence electrons. The lowest BCUT2D eigenvalue weighted by molar-refractivity contribution is -0.138. The molecule has 2 saturated heterocycles. The minimum Gasteiger partial charge on any atom is -0.481 e. The molecule has 0 aromatic heterocycles. The Morgan fingerprint density at radius 3 is 1.01 bits per heavy atom. The van der Waals surface area contributed by atoms with E-state index in [1.165, 1.54) is 255 Å². The third-order valence-corrected chi connectivity index (χ3v) is 15.9. The summed E-state index contributed by atoms with van der Waals surface area (Å²) in [6, 6.07) is -1.23. The average molecular weight is 1180 g/mol. The number of hydrogen-bond acceptors (Lipinski definition) is 10. The molecule has 4 atom stereocenters. The number of primary amides is 2. The van der Waals surface area contributed by atoms with Crippen LogP contribution >= 0.6 is 0 Å². The van der Waals surface area contributed by atoms with Gasteiger partial charge in [-0.2, -0.15) is 0 Å². The lowest BCUT2D eigenvalue weighted by Crippen LogP contribution is -2.51. The zero-order valence-corrected chi connectivity index (χ0v) is 51.9. The second kappa shape index (κ2) is 58.1. The summed E-state index contributed by atoms with van der Waals surface area (Å²) in [5.41, 5.74) is 18.8. The molecule has 2 aliphatic heterocycles. The first kappa shape index (κ1) is 82.9. The van der Waals surface area contributed by atoms with Crippen LogP contribution in [-0.2, 0) is 38.4 Å². The normalized spacial score (nSPS) is 20.4. The van der Waals surface area contributed by atoms with Crippen molar-refractivity contribution in [2.24, 2.45) is 23.1 Å². The Bertz CT molecular complexity index is 1470. The van der Waals surface area contributed by atoms with E-state index in [0.29, 0.717) is 45.3 Å². The fraction of sp³-hybridized carbons (Fsp3) is 0.877. The zero-order chi connectivity index (χ0) is 60.1. The molecule has 2 heterocycles. The number of carboxylic acid groups (broad SMARTS) is 1. The van der Waals surface area contributed by atoms with E-state index in [9.17, 15) is 38.4 Å². The van der Waals surface area contributed by atoms with Crippen LogP contribution < -0.4 is 38.6 Å². The highest BCUT2D eigenvalue weighted by Gasteiger charge is 2.36. The maximum atomic E-state index is 11.9. The summed E-state index contributed by atoms with van der Waals surface area (Å²) in [6.07, 6.45) is 55.8. The maximum absolute atomic E-state index is 11.9. The van der Waals surface area contributed by atoms with Crippen molar-refractivity contribution in [2.45, 2.75) is 329 Å². The zero-order valence-electron chi connectivity index (χ0n) is 51.9. The number of amides is 7. The molecule has 0 radical (unpaired) electrons. The number of carbonyl (C=O) groups excluding carboxylic acids is 7. The molecule has 83 heavy (non-hydrogen) atoms. The van der Waals surface area contributed by atoms with Crippen LogP contribution in [0.1, 0.15) is 311 Å². The van der Waals surface area contributed by atoms with E-state index in [1.54, 1.807) is 13.8 Å². The minimum absolute atomic E-state index is 0. The predicted molar refractivity (Wildman–Crippen MR) is 341 cm³/mol. The summed E-state index contributed by atoms with van der Waals surface area (Å²) < 4.78 is 0. The van der Waals surface area contributed by atoms with Crippen molar-refractivity contribution in [3.8, 4) is 0 Å². The standard InChI is InChI=1S/2C18H36.C14H24N4O4.C8H16N4O2.C5H9NO3.2CH4/c2*1-2-4-6-8-10-12-14-16-18-17-15-13-11-9-7-5-3-1;1-3-10(14(15)22)18-8-9(6-13(18)21)7-17-12(20)5-4-11(19)16-2;1-2-6(8(10)14)12-7(13)3-5(4-9)11-12;1-6-4(7)2-3-5(8)9;;/h2*1-18H2;9-10H,3-8H2,1-2H3,(H2,15,22)(H,16,19)(H,17,20);5-6,11H,2-4,9H2,1H3,(H2,10,14);2-3H2,1H3,(H,6,7)(H,8,9);2*1H4/t;;9?,10-;5?,6-;;;/m..00.../s1. The number of aliphatic carboxylic acids is 1. The number of likely N-dealkylation sites (tertiary alicyclic amines) is 1. The van der Waals surface area contributed by atoms with Gasteiger partial charge < -0.3 is 43.2 Å². The van der Waals surface area contributed by atoms with Gasteiger partial charge in [0.15, 0.2) is 0 Å². The summed E-state index contributed by atoms with van der Waals surface area (Å²) in [5, 5.41) is 16.9. The molecular formula is C65H129N9O9. The summed E-state index contributed by atoms with van der Waals surface area (Å²) in [4.78, 5) is 90.1. The molecule has 4 rings (SSSR count). The number of hydrogen-bond donors (Lipinski definition) is 8. The molecule has 2 unspecified atom stereocenters. The van der Waals surface area contributed by atoms with Crippen molar-refractivity contribution >= 4 is 47.3 Å². The van der Waals surface area contributed by atoms with Crippen LogP contribution in [0.2, 0.25) is 0 Å². The molecule has 0 spiro atoms. The third-order valence-electron chi connectivity index (χ3n) is 15.9. The van der Waals surface area contributed by atoms with Crippen LogP contribution in [0.25, 0.3) is 0 Å². The molecular weight excluding hydrogens is 1050 g/mol. The van der Waals surface area contributed by atoms with Crippen molar-refractivity contribution < 1.29 is 43.5 Å². The molecule has 4 fully saturated rings. The van der Waals surface area contributed by atoms with Crippen LogP contribution in [0.3, 0.4) is 0 Å². The van der Waals surface area contributed by atoms with E-state index in [0.717, 1.165) is 0 Å². The molecule has 11 N–H and O–H groups in total. The van der Waals surface area contributed by atoms with Gasteiger partial charge in [0.05, 0.1) is 6.42 Å². The van der Waals surface area contributed by atoms with Gasteiger partial charge >= 0.3 is 5.97 Å². The molecule has 0 aromatic carbocycles. The van der Waals surface area contributed by atoms with Crippen molar-refractivity contribution in [1.82, 2.24) is 31.3 Å². The Kier molecular flexibility index (Phi) is 58.0. The van der Waals surface area contributed by atoms with E-state index in [4.69, 9.17) is 22.3 Å². The van der Waals surface area contributed by atoms with Gasteiger partial charge in [-0.25, -0.2) is 5.43 Å². The van der Waals surface area contributed by atoms with E-state index >= 15 is 0 Å². The van der Waals surface area contributed by atoms with Crippen molar-refractivity contribution in [1.29, 1.82) is 0 Å². The van der Waals surface area contributed by atoms with E-state index in [-0.39, 0.29) is 82.0 Å². The quantitative estimate of drug-likeness (QED) is 0.0763. The van der Waals surface area contributed by atoms with Crippen LogP contribution in [0.15, 0.2) is 0 Å². The molecule has 7 amide bonds. The lowest BCUT2D eigenvalue weighted by Gasteiger charge is -2.24. The Labute approximate surface area is 506 Å². The summed E-state index contributed by atoms with van der Waals surface area (Å²) in [5.74, 6) is -2.87. The number of carboxylic acids is 1. The largest absolute Gasteiger partial charge is 0.481 e. The minimum atomic E-state index is -0.946. The van der Waals surface area contributed by atoms with Gasteiger partial charge in [0, 0.05) is 77.8 Å². The predicted octanol–water partition coefficient (Wildman–Crippen LogP) is 12.0. The first-order valence-electron chi connectivity index (χ1n) is 32.7. The molecule has 18 heteroatoms. The first-order valence-corrected chi connectivity index (χ1v) is 32.7. The third kappa shape index (κ3) is 47.6. The van der Waals surface area contributed by atoms with Gasteiger partial charge in [-0.15, -0.1) is 0 Å². The van der Waals surface area contributed by atoms with Gasteiger partial charge in [-0.3, -0.25) is 43.4 Å². The van der Waals surface area contributed by atoms with Gasteiger partial charge in [0.1, 0.15) is 12.1 Å². The smallest absolute Gasteiger partial charge is 0.303 e. The van der Waals surface area contributed by atoms with Gasteiger partial charge in [-0.1, -0.05) is 260 Å². The molecule has 0 aromatic rings. The first-order chi connectivity index (χ1) is 39.1. The summed E-state index contributed by atoms with van der Waals surface area (Å²) >= 11 is 0. The van der Waals surface area contributed by atoms with Crippen LogP contribution in [0, 0.1) is 5.92 Å². The number of nitrogens with zero attached hydrogens (tertiary/aromatic N) is 2. The van der Waals surface area contributed by atoms with Crippen LogP contribution in [0.5, 0.6) is 0 Å². The van der Waals surface area contributed by atoms with E-state index in [2.05, 4.69) is 21.4 Å². The fourth-order valence-electron chi connectivity index (χ4n) is 10.8. The molecule has 2 saturated carbocycles. The van der Waals surface area contributed by atoms with Crippen molar-refractivity contribution in [2.75, 3.05) is 33.7 Å². The van der Waals surface area contributed by atoms with E-state index in [1.807, 2.05) is 0 Å². The maximum Gasteiger partial charge on any atom is 0.303 e. The van der Waals surface area contributed by atoms with Crippen LogP contribution in [-0.4, -0.2) is 114 Å². The van der Waals surface area contributed by atoms with Gasteiger partial charge in [0.25, 0.3) is 0 Å². The monoisotopic (exact) mass is 1180 g/mol. The SMILES string of the molecule is C.C.C1CCCCCCCCCCCCCCCCC1.C1CCCCCCCCCCCCCCCCC1.CC[C@@H](C(N)=O)N1CC(CNC(=O)CCC(=O)NC)CC1=O.CC[C@@H](C(N)=O)N1NC(CN)CC1=O.CNC(=O)CCC(=O)O. The Morgan fingerprint density at radius 2 is 0.771 bits per heavy atom. The van der Waals surface area contributed by atoms with Crippen molar-refractivity contribution in [3.63, 3.8) is 0 Å². The van der Waals surface area contributed by atoms with Crippen molar-refractivity contribution in [3.05, 3.63) is 0 Å². The highest BCUT2D eigenvalue weighted by molar-refractivity contribution is 5.88.